The Labute approximate surface area is 90.6 Å². The molecule has 10 heteroatoms. The number of aliphatic hydroxyl groups is 6. The molecule has 0 aromatic rings. The predicted molar refractivity (Wildman–Crippen MR) is 48.5 cm³/mol. The standard InChI is InChI=1S/C6H12O6.BH3O3/c7-1-2(8)4(10)6(12)5(11)3(1)9;2-1(3)4/h1-12H;2-4H. The molecule has 0 radical (unpaired) electrons. The van der Waals surface area contributed by atoms with Crippen LogP contribution in [0.2, 0.25) is 0 Å². The van der Waals surface area contributed by atoms with Crippen molar-refractivity contribution in [3.63, 3.8) is 0 Å². The molecule has 0 aromatic carbocycles. The minimum Gasteiger partial charge on any atom is -0.402 e. The molecule has 0 unspecified atom stereocenters. The van der Waals surface area contributed by atoms with Gasteiger partial charge < -0.3 is 45.7 Å². The lowest BCUT2D eigenvalue weighted by atomic mass is 9.85. The maximum atomic E-state index is 8.97. The molecule has 1 rings (SSSR count). The molecule has 0 amide bonds. The second-order valence-corrected chi connectivity index (χ2v) is 3.29. The summed E-state index contributed by atoms with van der Waals surface area (Å²) in [5.41, 5.74) is 0. The van der Waals surface area contributed by atoms with Crippen molar-refractivity contribution in [2.24, 2.45) is 0 Å². The van der Waals surface area contributed by atoms with Crippen LogP contribution in [0, 0.1) is 0 Å². The Morgan fingerprint density at radius 1 is 0.438 bits per heavy atom. The third-order valence-electron chi connectivity index (χ3n) is 2.10. The van der Waals surface area contributed by atoms with Crippen molar-refractivity contribution in [1.82, 2.24) is 0 Å². The Morgan fingerprint density at radius 2 is 0.500 bits per heavy atom. The highest BCUT2D eigenvalue weighted by Crippen LogP contribution is 2.20. The Balaban J connectivity index is 0.000000487. The van der Waals surface area contributed by atoms with Crippen molar-refractivity contribution in [2.45, 2.75) is 36.6 Å². The van der Waals surface area contributed by atoms with E-state index < -0.39 is 43.9 Å². The Morgan fingerprint density at radius 3 is 0.562 bits per heavy atom. The quantitative estimate of drug-likeness (QED) is 0.187. The first-order valence-electron chi connectivity index (χ1n) is 4.32. The van der Waals surface area contributed by atoms with Crippen molar-refractivity contribution >= 4 is 7.32 Å². The van der Waals surface area contributed by atoms with Gasteiger partial charge in [0, 0.05) is 0 Å². The van der Waals surface area contributed by atoms with Gasteiger partial charge in [0.15, 0.2) is 0 Å². The molecule has 16 heavy (non-hydrogen) atoms. The minimum atomic E-state index is -2.17. The fourth-order valence-electron chi connectivity index (χ4n) is 1.21. The maximum absolute atomic E-state index is 8.97. The van der Waals surface area contributed by atoms with E-state index in [0.717, 1.165) is 0 Å². The fourth-order valence-corrected chi connectivity index (χ4v) is 1.21. The molecule has 1 aliphatic rings. The lowest BCUT2D eigenvalue weighted by Gasteiger charge is -2.39. The molecule has 0 bridgehead atoms. The van der Waals surface area contributed by atoms with E-state index in [2.05, 4.69) is 0 Å². The third-order valence-corrected chi connectivity index (χ3v) is 2.10. The first kappa shape index (κ1) is 15.7. The summed E-state index contributed by atoms with van der Waals surface area (Å²) < 4.78 is 0. The molecule has 1 saturated carbocycles. The van der Waals surface area contributed by atoms with Crippen LogP contribution in [0.1, 0.15) is 0 Å². The molecule has 0 spiro atoms. The zero-order valence-corrected chi connectivity index (χ0v) is 8.07. The summed E-state index contributed by atoms with van der Waals surface area (Å²) in [4.78, 5) is 0. The van der Waals surface area contributed by atoms with E-state index in [1.165, 1.54) is 0 Å². The average molecular weight is 242 g/mol. The van der Waals surface area contributed by atoms with E-state index in [1.807, 2.05) is 0 Å². The van der Waals surface area contributed by atoms with Crippen LogP contribution in [0.3, 0.4) is 0 Å². The molecule has 0 aliphatic heterocycles. The zero-order chi connectivity index (χ0) is 13.0. The van der Waals surface area contributed by atoms with E-state index in [-0.39, 0.29) is 0 Å². The van der Waals surface area contributed by atoms with Crippen LogP contribution in [0.25, 0.3) is 0 Å². The number of hydrogen-bond acceptors (Lipinski definition) is 9. The van der Waals surface area contributed by atoms with E-state index in [0.29, 0.717) is 0 Å². The fraction of sp³-hybridized carbons (Fsp3) is 1.00. The van der Waals surface area contributed by atoms with Gasteiger partial charge in [-0.15, -0.1) is 0 Å². The lowest BCUT2D eigenvalue weighted by molar-refractivity contribution is -0.223. The molecule has 0 saturated heterocycles. The van der Waals surface area contributed by atoms with Crippen LogP contribution in [0.5, 0.6) is 0 Å². The van der Waals surface area contributed by atoms with Crippen LogP contribution in [-0.4, -0.2) is 89.7 Å². The van der Waals surface area contributed by atoms with Gasteiger partial charge in [-0.25, -0.2) is 0 Å². The molecule has 9 N–H and O–H groups in total. The van der Waals surface area contributed by atoms with Crippen LogP contribution in [0.4, 0.5) is 0 Å². The molecular formula is C6H15BO9. The van der Waals surface area contributed by atoms with Crippen molar-refractivity contribution in [1.29, 1.82) is 0 Å². The Hall–Kier alpha value is -0.295. The summed E-state index contributed by atoms with van der Waals surface area (Å²) >= 11 is 0. The van der Waals surface area contributed by atoms with Crippen molar-refractivity contribution < 1.29 is 45.7 Å². The highest BCUT2D eigenvalue weighted by Gasteiger charge is 2.47. The predicted octanol–water partition coefficient (Wildman–Crippen LogP) is -5.89. The Bertz CT molecular complexity index is 141. The van der Waals surface area contributed by atoms with Gasteiger partial charge in [0.1, 0.15) is 36.6 Å². The second kappa shape index (κ2) is 6.44. The summed E-state index contributed by atoms with van der Waals surface area (Å²) in [5.74, 6) is 0. The van der Waals surface area contributed by atoms with Crippen LogP contribution >= 0.6 is 0 Å². The largest absolute Gasteiger partial charge is 0.631 e. The van der Waals surface area contributed by atoms with Gasteiger partial charge in [0.05, 0.1) is 0 Å². The van der Waals surface area contributed by atoms with Crippen molar-refractivity contribution in [3.05, 3.63) is 0 Å². The lowest BCUT2D eigenvalue weighted by Crippen LogP contribution is -2.63. The van der Waals surface area contributed by atoms with Gasteiger partial charge in [0.25, 0.3) is 0 Å². The van der Waals surface area contributed by atoms with Gasteiger partial charge in [0.2, 0.25) is 0 Å². The number of rotatable bonds is 0. The monoisotopic (exact) mass is 242 g/mol. The third kappa shape index (κ3) is 3.94. The van der Waals surface area contributed by atoms with Crippen LogP contribution in [-0.2, 0) is 0 Å². The summed E-state index contributed by atoms with van der Waals surface area (Å²) in [5, 5.41) is 75.3. The Kier molecular flexibility index (Phi) is 6.32. The van der Waals surface area contributed by atoms with E-state index in [4.69, 9.17) is 45.7 Å². The first-order chi connectivity index (χ1) is 7.20. The minimum absolute atomic E-state index is 1.64. The number of aliphatic hydroxyl groups excluding tert-OH is 6. The summed E-state index contributed by atoms with van der Waals surface area (Å²) in [6.45, 7) is 0. The molecule has 96 valence electrons. The summed E-state index contributed by atoms with van der Waals surface area (Å²) in [6.07, 6.45) is -9.84. The SMILES string of the molecule is OB(O)O.OC1C(O)C(O)C(O)C(O)C1O. The molecule has 0 heterocycles. The van der Waals surface area contributed by atoms with Gasteiger partial charge >= 0.3 is 7.32 Å². The summed E-state index contributed by atoms with van der Waals surface area (Å²) in [7, 11) is -2.17. The number of hydrogen-bond donors (Lipinski definition) is 9. The van der Waals surface area contributed by atoms with Crippen molar-refractivity contribution in [2.75, 3.05) is 0 Å². The van der Waals surface area contributed by atoms with E-state index in [9.17, 15) is 0 Å². The first-order valence-corrected chi connectivity index (χ1v) is 4.32. The summed E-state index contributed by atoms with van der Waals surface area (Å²) in [6, 6.07) is 0. The maximum Gasteiger partial charge on any atom is 0.631 e. The van der Waals surface area contributed by atoms with Gasteiger partial charge in [-0.2, -0.15) is 0 Å². The zero-order valence-electron chi connectivity index (χ0n) is 8.07. The van der Waals surface area contributed by atoms with Gasteiger partial charge in [-0.05, 0) is 0 Å². The van der Waals surface area contributed by atoms with Gasteiger partial charge in [-0.1, -0.05) is 0 Å². The normalized spacial score (nSPS) is 43.3. The molecule has 0 aromatic heterocycles. The molecule has 9 nitrogen and oxygen atoms in total. The highest BCUT2D eigenvalue weighted by molar-refractivity contribution is 6.30. The molecular weight excluding hydrogens is 227 g/mol. The van der Waals surface area contributed by atoms with Gasteiger partial charge in [-0.3, -0.25) is 0 Å². The van der Waals surface area contributed by atoms with Crippen LogP contribution < -0.4 is 0 Å². The molecule has 1 aliphatic carbocycles. The van der Waals surface area contributed by atoms with Crippen LogP contribution in [0.15, 0.2) is 0 Å². The molecule has 0 atom stereocenters. The second-order valence-electron chi connectivity index (χ2n) is 3.29. The van der Waals surface area contributed by atoms with E-state index in [1.54, 1.807) is 0 Å². The highest BCUT2D eigenvalue weighted by atomic mass is 16.5. The molecule has 1 fully saturated rings. The van der Waals surface area contributed by atoms with E-state index >= 15 is 0 Å². The topological polar surface area (TPSA) is 182 Å². The smallest absolute Gasteiger partial charge is 0.402 e. The average Bonchev–Trinajstić information content (AvgIpc) is 2.20. The van der Waals surface area contributed by atoms with Crippen molar-refractivity contribution in [3.8, 4) is 0 Å².